The van der Waals surface area contributed by atoms with E-state index >= 15 is 0 Å². The van der Waals surface area contributed by atoms with Gasteiger partial charge in [0.15, 0.2) is 5.78 Å². The van der Waals surface area contributed by atoms with Crippen LogP contribution in [0.15, 0.2) is 11.6 Å². The summed E-state index contributed by atoms with van der Waals surface area (Å²) in [5.74, 6) is -3.29. The van der Waals surface area contributed by atoms with Crippen LogP contribution in [-0.2, 0) is 14.3 Å². The third kappa shape index (κ3) is 3.65. The van der Waals surface area contributed by atoms with E-state index in [-0.39, 0.29) is 49.6 Å². The minimum atomic E-state index is -2.02. The molecular weight excluding hydrogens is 508 g/mol. The van der Waals surface area contributed by atoms with Gasteiger partial charge < -0.3 is 40.5 Å². The zero-order valence-electron chi connectivity index (χ0n) is 23.4. The summed E-state index contributed by atoms with van der Waals surface area (Å²) in [7, 11) is 0. The van der Waals surface area contributed by atoms with Gasteiger partial charge >= 0.3 is 5.97 Å². The molecule has 14 atom stereocenters. The quantitative estimate of drug-likeness (QED) is 0.234. The summed E-state index contributed by atoms with van der Waals surface area (Å²) < 4.78 is 5.31. The van der Waals surface area contributed by atoms with Gasteiger partial charge in [-0.2, -0.15) is 0 Å². The normalized spacial score (nSPS) is 53.7. The first-order valence-corrected chi connectivity index (χ1v) is 14.2. The number of esters is 1. The standard InChI is InChI=1S/C29H44O10/c1-13-15(14(2)39-24(13)35)8-21(33)27(5,36)20-6-7-28(37)16-9-22(34)29(38)12-18(31)17(30)10-26(29,4)23(16)19(32)11-25(20,28)3/h9,13-15,17-21,23,30-33,36-38H,6-8,10-12H2,1-5H3/t13-,14+,15-,17-,18+,19?,20-,21+,23+,25+,26+,27+,28+,29+/m0/s1. The Morgan fingerprint density at radius 1 is 1.00 bits per heavy atom. The van der Waals surface area contributed by atoms with Gasteiger partial charge in [-0.3, -0.25) is 9.59 Å². The number of hydrogen-bond donors (Lipinski definition) is 7. The van der Waals surface area contributed by atoms with Gasteiger partial charge in [-0.15, -0.1) is 0 Å². The third-order valence-electron chi connectivity index (χ3n) is 12.0. The topological polar surface area (TPSA) is 185 Å². The van der Waals surface area contributed by atoms with Crippen LogP contribution < -0.4 is 0 Å². The van der Waals surface area contributed by atoms with Crippen LogP contribution >= 0.6 is 0 Å². The lowest BCUT2D eigenvalue weighted by atomic mass is 9.43. The maximum atomic E-state index is 13.4. The predicted octanol–water partition coefficient (Wildman–Crippen LogP) is -0.0237. The molecule has 0 aromatic rings. The Balaban J connectivity index is 1.50. The van der Waals surface area contributed by atoms with Crippen molar-refractivity contribution < 1.29 is 50.1 Å². The van der Waals surface area contributed by atoms with Crippen molar-refractivity contribution in [1.82, 2.24) is 0 Å². The molecule has 4 aliphatic carbocycles. The minimum absolute atomic E-state index is 0.0232. The third-order valence-corrected chi connectivity index (χ3v) is 12.0. The molecule has 39 heavy (non-hydrogen) atoms. The van der Waals surface area contributed by atoms with E-state index in [1.807, 2.05) is 0 Å². The monoisotopic (exact) mass is 552 g/mol. The minimum Gasteiger partial charge on any atom is -0.462 e. The molecule has 0 spiro atoms. The fraction of sp³-hybridized carbons (Fsp3) is 0.862. The van der Waals surface area contributed by atoms with Crippen molar-refractivity contribution >= 4 is 11.8 Å². The van der Waals surface area contributed by atoms with Gasteiger partial charge in [-0.1, -0.05) is 20.8 Å². The second-order valence-electron chi connectivity index (χ2n) is 14.0. The van der Waals surface area contributed by atoms with E-state index in [2.05, 4.69) is 0 Å². The molecule has 1 saturated heterocycles. The van der Waals surface area contributed by atoms with E-state index in [4.69, 9.17) is 4.74 Å². The van der Waals surface area contributed by atoms with Gasteiger partial charge in [0.25, 0.3) is 0 Å². The molecule has 1 heterocycles. The van der Waals surface area contributed by atoms with E-state index < -0.39 is 81.7 Å². The maximum absolute atomic E-state index is 13.4. The van der Waals surface area contributed by atoms with Crippen molar-refractivity contribution in [3.8, 4) is 0 Å². The number of carbonyl (C=O) groups excluding carboxylic acids is 2. The van der Waals surface area contributed by atoms with Crippen LogP contribution in [0.5, 0.6) is 0 Å². The van der Waals surface area contributed by atoms with E-state index in [9.17, 15) is 45.3 Å². The molecule has 220 valence electrons. The number of aliphatic hydroxyl groups is 7. The molecule has 10 nitrogen and oxygen atoms in total. The number of hydrogen-bond acceptors (Lipinski definition) is 10. The molecule has 1 aliphatic heterocycles. The Kier molecular flexibility index (Phi) is 6.57. The highest BCUT2D eigenvalue weighted by Gasteiger charge is 2.73. The zero-order chi connectivity index (χ0) is 29.1. The summed E-state index contributed by atoms with van der Waals surface area (Å²) in [5.41, 5.74) is -7.55. The highest BCUT2D eigenvalue weighted by molar-refractivity contribution is 6.00. The molecule has 1 unspecified atom stereocenters. The van der Waals surface area contributed by atoms with Crippen molar-refractivity contribution in [3.05, 3.63) is 11.6 Å². The molecule has 0 amide bonds. The Morgan fingerprint density at radius 2 is 1.59 bits per heavy atom. The van der Waals surface area contributed by atoms with Crippen molar-refractivity contribution in [3.63, 3.8) is 0 Å². The summed E-state index contributed by atoms with van der Waals surface area (Å²) in [4.78, 5) is 25.5. The van der Waals surface area contributed by atoms with Crippen LogP contribution in [0.25, 0.3) is 0 Å². The fourth-order valence-corrected chi connectivity index (χ4v) is 9.48. The summed E-state index contributed by atoms with van der Waals surface area (Å²) in [5, 5.41) is 79.4. The molecule has 5 aliphatic rings. The number of ether oxygens (including phenoxy) is 1. The van der Waals surface area contributed by atoms with E-state index in [0.717, 1.165) is 0 Å². The molecule has 0 bridgehead atoms. The van der Waals surface area contributed by atoms with E-state index in [1.54, 1.807) is 27.7 Å². The van der Waals surface area contributed by atoms with Crippen molar-refractivity contribution in [2.75, 3.05) is 0 Å². The number of carbonyl (C=O) groups is 2. The molecular formula is C29H44O10. The van der Waals surface area contributed by atoms with Gasteiger partial charge in [-0.05, 0) is 63.5 Å². The summed E-state index contributed by atoms with van der Waals surface area (Å²) in [6.07, 6.45) is -4.00. The summed E-state index contributed by atoms with van der Waals surface area (Å²) in [6, 6.07) is 0. The van der Waals surface area contributed by atoms with Gasteiger partial charge in [-0.25, -0.2) is 0 Å². The SMILES string of the molecule is C[C@@H]1C(=O)O[C@H](C)[C@H]1C[C@@H](O)[C@](C)(O)[C@H]1CC[C@@]2(O)C3=CC(=O)[C@]4(O)C[C@@H](O)[C@@H](O)C[C@]4(C)[C@H]3C(O)C[C@]12C. The van der Waals surface area contributed by atoms with Crippen LogP contribution in [0.1, 0.15) is 73.1 Å². The molecule has 0 aromatic carbocycles. The van der Waals surface area contributed by atoms with Crippen LogP contribution in [0.2, 0.25) is 0 Å². The molecule has 5 rings (SSSR count). The predicted molar refractivity (Wildman–Crippen MR) is 137 cm³/mol. The first-order chi connectivity index (χ1) is 17.8. The molecule has 4 fully saturated rings. The Morgan fingerprint density at radius 3 is 2.18 bits per heavy atom. The van der Waals surface area contributed by atoms with Crippen molar-refractivity contribution in [2.24, 2.45) is 34.5 Å². The molecule has 0 aromatic heterocycles. The highest BCUT2D eigenvalue weighted by atomic mass is 16.6. The lowest BCUT2D eigenvalue weighted by Gasteiger charge is -2.64. The number of rotatable bonds is 4. The second-order valence-corrected chi connectivity index (χ2v) is 14.0. The fourth-order valence-electron chi connectivity index (χ4n) is 9.48. The van der Waals surface area contributed by atoms with Crippen LogP contribution in [0, 0.1) is 34.5 Å². The first kappa shape index (κ1) is 29.1. The molecule has 10 heteroatoms. The summed E-state index contributed by atoms with van der Waals surface area (Å²) in [6.45, 7) is 8.39. The van der Waals surface area contributed by atoms with Gasteiger partial charge in [0.2, 0.25) is 0 Å². The maximum Gasteiger partial charge on any atom is 0.309 e. The van der Waals surface area contributed by atoms with Crippen LogP contribution in [0.4, 0.5) is 0 Å². The summed E-state index contributed by atoms with van der Waals surface area (Å²) >= 11 is 0. The largest absolute Gasteiger partial charge is 0.462 e. The Bertz CT molecular complexity index is 1090. The van der Waals surface area contributed by atoms with Crippen LogP contribution in [-0.4, -0.2) is 94.8 Å². The van der Waals surface area contributed by atoms with Gasteiger partial charge in [0.1, 0.15) is 11.7 Å². The number of ketones is 1. The lowest BCUT2D eigenvalue weighted by Crippen LogP contribution is -2.71. The molecule has 3 saturated carbocycles. The smallest absolute Gasteiger partial charge is 0.309 e. The average molecular weight is 553 g/mol. The number of fused-ring (bicyclic) bond motifs is 5. The number of cyclic esters (lactones) is 1. The van der Waals surface area contributed by atoms with E-state index in [0.29, 0.717) is 6.42 Å². The molecule has 7 N–H and O–H groups in total. The van der Waals surface area contributed by atoms with Gasteiger partial charge in [0, 0.05) is 29.1 Å². The Hall–Kier alpha value is -1.40. The van der Waals surface area contributed by atoms with Gasteiger partial charge in [0.05, 0.1) is 41.5 Å². The first-order valence-electron chi connectivity index (χ1n) is 14.2. The lowest BCUT2D eigenvalue weighted by molar-refractivity contribution is -0.228. The van der Waals surface area contributed by atoms with Crippen molar-refractivity contribution in [2.45, 2.75) is 120 Å². The average Bonchev–Trinajstić information content (AvgIpc) is 3.23. The number of aliphatic hydroxyl groups excluding tert-OH is 4. The van der Waals surface area contributed by atoms with E-state index in [1.165, 1.54) is 13.0 Å². The van der Waals surface area contributed by atoms with Crippen molar-refractivity contribution in [1.29, 1.82) is 0 Å². The molecule has 0 radical (unpaired) electrons. The Labute approximate surface area is 228 Å². The zero-order valence-corrected chi connectivity index (χ0v) is 23.4. The second kappa shape index (κ2) is 8.80. The van der Waals surface area contributed by atoms with Crippen LogP contribution in [0.3, 0.4) is 0 Å². The highest BCUT2D eigenvalue weighted by Crippen LogP contribution is 2.69.